The lowest BCUT2D eigenvalue weighted by Crippen LogP contribution is -2.13. The normalized spacial score (nSPS) is 10.3. The molecule has 0 saturated heterocycles. The Morgan fingerprint density at radius 3 is 2.61 bits per heavy atom. The fraction of sp³-hybridized carbons (Fsp3) is 0.0769. The fourth-order valence-corrected chi connectivity index (χ4v) is 2.36. The van der Waals surface area contributed by atoms with Gasteiger partial charge in [-0.05, 0) is 30.7 Å². The van der Waals surface area contributed by atoms with Crippen LogP contribution in [0.3, 0.4) is 0 Å². The van der Waals surface area contributed by atoms with E-state index < -0.39 is 5.91 Å². The third-order valence-corrected chi connectivity index (χ3v) is 3.64. The molecule has 5 heteroatoms. The van der Waals surface area contributed by atoms with E-state index in [1.54, 1.807) is 6.07 Å². The molecular weight excluding hydrogens is 246 g/mol. The van der Waals surface area contributed by atoms with E-state index >= 15 is 0 Å². The van der Waals surface area contributed by atoms with E-state index in [9.17, 15) is 4.79 Å². The number of pyridine rings is 1. The van der Waals surface area contributed by atoms with E-state index in [0.717, 1.165) is 10.5 Å². The Labute approximate surface area is 109 Å². The molecule has 18 heavy (non-hydrogen) atoms. The second-order valence-electron chi connectivity index (χ2n) is 3.82. The molecule has 4 nitrogen and oxygen atoms in total. The lowest BCUT2D eigenvalue weighted by molar-refractivity contribution is 0.0995. The van der Waals surface area contributed by atoms with Crippen LogP contribution in [0.5, 0.6) is 0 Å². The van der Waals surface area contributed by atoms with Crippen LogP contribution >= 0.6 is 11.8 Å². The van der Waals surface area contributed by atoms with Gasteiger partial charge in [0.25, 0.3) is 5.91 Å². The molecule has 1 amide bonds. The van der Waals surface area contributed by atoms with Gasteiger partial charge in [0.1, 0.15) is 10.7 Å². The van der Waals surface area contributed by atoms with Crippen molar-refractivity contribution in [3.8, 4) is 0 Å². The van der Waals surface area contributed by atoms with E-state index in [2.05, 4.69) is 4.98 Å². The summed E-state index contributed by atoms with van der Waals surface area (Å²) in [5, 5.41) is 0.598. The molecule has 0 aliphatic rings. The Morgan fingerprint density at radius 1 is 1.22 bits per heavy atom. The van der Waals surface area contributed by atoms with E-state index in [1.807, 2.05) is 31.2 Å². The number of anilines is 1. The zero-order valence-corrected chi connectivity index (χ0v) is 10.7. The summed E-state index contributed by atoms with van der Waals surface area (Å²) in [5.74, 6) is -0.554. The van der Waals surface area contributed by atoms with Crippen LogP contribution < -0.4 is 11.5 Å². The van der Waals surface area contributed by atoms with Crippen molar-refractivity contribution < 1.29 is 4.79 Å². The predicted octanol–water partition coefficient (Wildman–Crippen LogP) is 2.22. The molecule has 0 bridgehead atoms. The van der Waals surface area contributed by atoms with Gasteiger partial charge in [-0.1, -0.05) is 30.0 Å². The minimum atomic E-state index is -0.554. The first-order valence-electron chi connectivity index (χ1n) is 5.37. The number of nitrogens with zero attached hydrogens (tertiary/aromatic N) is 1. The van der Waals surface area contributed by atoms with Crippen molar-refractivity contribution >= 4 is 23.4 Å². The third-order valence-electron chi connectivity index (χ3n) is 2.44. The fourth-order valence-electron chi connectivity index (χ4n) is 1.45. The quantitative estimate of drug-likeness (QED) is 0.885. The van der Waals surface area contributed by atoms with Gasteiger partial charge in [-0.2, -0.15) is 0 Å². The first-order valence-corrected chi connectivity index (χ1v) is 6.19. The molecule has 0 aliphatic heterocycles. The molecule has 2 aromatic rings. The lowest BCUT2D eigenvalue weighted by Gasteiger charge is -2.07. The molecule has 0 spiro atoms. The minimum Gasteiger partial charge on any atom is -0.397 e. The van der Waals surface area contributed by atoms with Gasteiger partial charge < -0.3 is 11.5 Å². The molecule has 1 aromatic carbocycles. The number of aromatic nitrogens is 1. The summed E-state index contributed by atoms with van der Waals surface area (Å²) >= 11 is 1.43. The average Bonchev–Trinajstić information content (AvgIpc) is 2.34. The van der Waals surface area contributed by atoms with Gasteiger partial charge in [0.15, 0.2) is 0 Å². The monoisotopic (exact) mass is 259 g/mol. The molecule has 1 aromatic heterocycles. The summed E-state index contributed by atoms with van der Waals surface area (Å²) in [6.45, 7) is 2.01. The highest BCUT2D eigenvalue weighted by molar-refractivity contribution is 7.99. The number of nitrogens with two attached hydrogens (primary N) is 2. The minimum absolute atomic E-state index is 0.222. The largest absolute Gasteiger partial charge is 0.397 e. The van der Waals surface area contributed by atoms with Gasteiger partial charge in [0.2, 0.25) is 0 Å². The van der Waals surface area contributed by atoms with Crippen LogP contribution in [0.2, 0.25) is 0 Å². The molecule has 1 heterocycles. The van der Waals surface area contributed by atoms with Crippen LogP contribution in [0.1, 0.15) is 16.1 Å². The van der Waals surface area contributed by atoms with E-state index in [-0.39, 0.29) is 5.69 Å². The number of hydrogen-bond donors (Lipinski definition) is 2. The van der Waals surface area contributed by atoms with Gasteiger partial charge in [-0.15, -0.1) is 0 Å². The van der Waals surface area contributed by atoms with E-state index in [1.165, 1.54) is 17.8 Å². The molecule has 0 radical (unpaired) electrons. The average molecular weight is 259 g/mol. The van der Waals surface area contributed by atoms with Crippen molar-refractivity contribution in [2.45, 2.75) is 16.8 Å². The third kappa shape index (κ3) is 2.62. The summed E-state index contributed by atoms with van der Waals surface area (Å²) in [6.07, 6.45) is 0. The van der Waals surface area contributed by atoms with Gasteiger partial charge >= 0.3 is 0 Å². The summed E-state index contributed by atoms with van der Waals surface area (Å²) < 4.78 is 0. The van der Waals surface area contributed by atoms with Gasteiger partial charge in [-0.3, -0.25) is 4.79 Å². The second-order valence-corrected chi connectivity index (χ2v) is 4.85. The molecule has 2 rings (SSSR count). The molecule has 0 atom stereocenters. The number of rotatable bonds is 3. The Balaban J connectivity index is 2.37. The summed E-state index contributed by atoms with van der Waals surface area (Å²) in [7, 11) is 0. The number of nitrogen functional groups attached to an aromatic ring is 1. The van der Waals surface area contributed by atoms with Gasteiger partial charge in [-0.25, -0.2) is 4.98 Å². The van der Waals surface area contributed by atoms with Crippen LogP contribution in [0.15, 0.2) is 46.3 Å². The zero-order chi connectivity index (χ0) is 13.1. The SMILES string of the molecule is Cc1ccccc1Sc1nc(C(N)=O)ccc1N. The van der Waals surface area contributed by atoms with Crippen molar-refractivity contribution in [1.29, 1.82) is 0 Å². The molecule has 0 fully saturated rings. The van der Waals surface area contributed by atoms with Crippen LogP contribution in [-0.2, 0) is 0 Å². The first kappa shape index (κ1) is 12.4. The summed E-state index contributed by atoms with van der Waals surface area (Å²) in [5.41, 5.74) is 12.9. The van der Waals surface area contributed by atoms with Crippen molar-refractivity contribution in [3.63, 3.8) is 0 Å². The second kappa shape index (κ2) is 5.10. The smallest absolute Gasteiger partial charge is 0.267 e. The zero-order valence-electron chi connectivity index (χ0n) is 9.88. The van der Waals surface area contributed by atoms with Crippen LogP contribution in [-0.4, -0.2) is 10.9 Å². The molecule has 0 saturated carbocycles. The Kier molecular flexibility index (Phi) is 3.53. The lowest BCUT2D eigenvalue weighted by atomic mass is 10.2. The van der Waals surface area contributed by atoms with Crippen molar-refractivity contribution in [2.75, 3.05) is 5.73 Å². The standard InChI is InChI=1S/C13H13N3OS/c1-8-4-2-3-5-11(8)18-13-9(14)6-7-10(16-13)12(15)17/h2-7H,14H2,1H3,(H2,15,17). The van der Waals surface area contributed by atoms with Crippen LogP contribution in [0.25, 0.3) is 0 Å². The molecular formula is C13H13N3OS. The van der Waals surface area contributed by atoms with Gasteiger partial charge in [0, 0.05) is 4.90 Å². The Hall–Kier alpha value is -2.01. The van der Waals surface area contributed by atoms with Crippen molar-refractivity contribution in [3.05, 3.63) is 47.7 Å². The first-order chi connectivity index (χ1) is 8.58. The number of amides is 1. The number of benzene rings is 1. The highest BCUT2D eigenvalue weighted by Gasteiger charge is 2.09. The Bertz CT molecular complexity index is 599. The molecule has 0 aliphatic carbocycles. The number of aryl methyl sites for hydroxylation is 1. The maximum atomic E-state index is 11.1. The molecule has 0 unspecified atom stereocenters. The van der Waals surface area contributed by atoms with Gasteiger partial charge in [0.05, 0.1) is 5.69 Å². The van der Waals surface area contributed by atoms with Crippen LogP contribution in [0.4, 0.5) is 5.69 Å². The van der Waals surface area contributed by atoms with Crippen molar-refractivity contribution in [2.24, 2.45) is 5.73 Å². The number of carbonyl (C=O) groups excluding carboxylic acids is 1. The topological polar surface area (TPSA) is 82.0 Å². The maximum absolute atomic E-state index is 11.1. The van der Waals surface area contributed by atoms with E-state index in [0.29, 0.717) is 10.7 Å². The number of primary amides is 1. The molecule has 4 N–H and O–H groups in total. The summed E-state index contributed by atoms with van der Waals surface area (Å²) in [6, 6.07) is 11.1. The molecule has 92 valence electrons. The van der Waals surface area contributed by atoms with Crippen LogP contribution in [0, 0.1) is 6.92 Å². The highest BCUT2D eigenvalue weighted by atomic mass is 32.2. The number of hydrogen-bond acceptors (Lipinski definition) is 4. The Morgan fingerprint density at radius 2 is 1.94 bits per heavy atom. The van der Waals surface area contributed by atoms with E-state index in [4.69, 9.17) is 11.5 Å². The number of carbonyl (C=O) groups is 1. The highest BCUT2D eigenvalue weighted by Crippen LogP contribution is 2.32. The van der Waals surface area contributed by atoms with Crippen molar-refractivity contribution in [1.82, 2.24) is 4.98 Å². The maximum Gasteiger partial charge on any atom is 0.267 e. The summed E-state index contributed by atoms with van der Waals surface area (Å²) in [4.78, 5) is 16.3. The predicted molar refractivity (Wildman–Crippen MR) is 72.5 cm³/mol.